The molecule has 4 heteroatoms. The lowest BCUT2D eigenvalue weighted by atomic mass is 10.1. The zero-order chi connectivity index (χ0) is 14.1. The van der Waals surface area contributed by atoms with Crippen LogP contribution < -0.4 is 5.73 Å². The first kappa shape index (κ1) is 12.7. The van der Waals surface area contributed by atoms with E-state index in [0.29, 0.717) is 11.9 Å². The second-order valence-electron chi connectivity index (χ2n) is 4.80. The van der Waals surface area contributed by atoms with Crippen LogP contribution in [-0.2, 0) is 13.0 Å². The molecule has 102 valence electrons. The first-order valence-corrected chi connectivity index (χ1v) is 6.67. The summed E-state index contributed by atoms with van der Waals surface area (Å²) < 4.78 is 15.9. The van der Waals surface area contributed by atoms with Crippen LogP contribution in [0.2, 0.25) is 0 Å². The van der Waals surface area contributed by atoms with Crippen LogP contribution in [0.15, 0.2) is 42.5 Å². The largest absolute Gasteiger partial charge is 0.399 e. The Kier molecular flexibility index (Phi) is 3.14. The van der Waals surface area contributed by atoms with Gasteiger partial charge in [0.25, 0.3) is 0 Å². The van der Waals surface area contributed by atoms with Gasteiger partial charge in [0.05, 0.1) is 5.52 Å². The minimum atomic E-state index is -0.270. The molecular weight excluding hydrogens is 253 g/mol. The molecule has 0 fully saturated rings. The summed E-state index contributed by atoms with van der Waals surface area (Å²) in [7, 11) is 0. The third kappa shape index (κ3) is 2.13. The van der Waals surface area contributed by atoms with Crippen molar-refractivity contribution in [1.82, 2.24) is 9.55 Å². The molecule has 0 saturated carbocycles. The third-order valence-corrected chi connectivity index (χ3v) is 3.47. The van der Waals surface area contributed by atoms with Gasteiger partial charge in [-0.2, -0.15) is 0 Å². The van der Waals surface area contributed by atoms with Crippen LogP contribution in [0.25, 0.3) is 11.0 Å². The lowest BCUT2D eigenvalue weighted by molar-refractivity contribution is 0.637. The third-order valence-electron chi connectivity index (χ3n) is 3.47. The second kappa shape index (κ2) is 4.96. The SMILES string of the molecule is CCn1c(Cc2ccc(N)cc2)nc2c(F)cccc21. The summed E-state index contributed by atoms with van der Waals surface area (Å²) in [5, 5.41) is 0. The molecule has 0 aliphatic carbocycles. The van der Waals surface area contributed by atoms with E-state index < -0.39 is 0 Å². The van der Waals surface area contributed by atoms with E-state index in [1.807, 2.05) is 37.3 Å². The summed E-state index contributed by atoms with van der Waals surface area (Å²) in [6.07, 6.45) is 0.669. The highest BCUT2D eigenvalue weighted by Gasteiger charge is 2.12. The number of benzene rings is 2. The van der Waals surface area contributed by atoms with Gasteiger partial charge in [0.2, 0.25) is 0 Å². The van der Waals surface area contributed by atoms with Crippen molar-refractivity contribution >= 4 is 16.7 Å². The molecule has 0 spiro atoms. The fourth-order valence-electron chi connectivity index (χ4n) is 2.47. The van der Waals surface area contributed by atoms with Crippen molar-refractivity contribution < 1.29 is 4.39 Å². The van der Waals surface area contributed by atoms with E-state index in [0.717, 1.165) is 29.1 Å². The number of rotatable bonds is 3. The average molecular weight is 269 g/mol. The maximum absolute atomic E-state index is 13.8. The molecule has 2 N–H and O–H groups in total. The second-order valence-corrected chi connectivity index (χ2v) is 4.80. The number of halogens is 1. The number of hydrogen-bond donors (Lipinski definition) is 1. The Balaban J connectivity index is 2.07. The standard InChI is InChI=1S/C16H16FN3/c1-2-20-14-5-3-4-13(17)16(14)19-15(20)10-11-6-8-12(18)9-7-11/h3-9H,2,10,18H2,1H3. The monoisotopic (exact) mass is 269 g/mol. The van der Waals surface area contributed by atoms with Gasteiger partial charge in [0, 0.05) is 18.7 Å². The van der Waals surface area contributed by atoms with E-state index in [9.17, 15) is 4.39 Å². The summed E-state index contributed by atoms with van der Waals surface area (Å²) in [5.74, 6) is 0.602. The Bertz CT molecular complexity index is 744. The Morgan fingerprint density at radius 1 is 1.15 bits per heavy atom. The Labute approximate surface area is 116 Å². The Morgan fingerprint density at radius 2 is 1.90 bits per heavy atom. The molecule has 0 aliphatic rings. The average Bonchev–Trinajstić information content (AvgIpc) is 2.80. The number of imidazole rings is 1. The fraction of sp³-hybridized carbons (Fsp3) is 0.188. The van der Waals surface area contributed by atoms with Gasteiger partial charge in [0.1, 0.15) is 11.3 Å². The predicted molar refractivity (Wildman–Crippen MR) is 79.0 cm³/mol. The summed E-state index contributed by atoms with van der Waals surface area (Å²) >= 11 is 0. The molecule has 0 unspecified atom stereocenters. The normalized spacial score (nSPS) is 11.1. The molecule has 0 amide bonds. The lowest BCUT2D eigenvalue weighted by Gasteiger charge is -2.06. The van der Waals surface area contributed by atoms with Crippen LogP contribution >= 0.6 is 0 Å². The fourth-order valence-corrected chi connectivity index (χ4v) is 2.47. The van der Waals surface area contributed by atoms with Crippen LogP contribution in [0.1, 0.15) is 18.3 Å². The van der Waals surface area contributed by atoms with Crippen molar-refractivity contribution in [3.05, 3.63) is 59.7 Å². The van der Waals surface area contributed by atoms with E-state index in [4.69, 9.17) is 5.73 Å². The number of nitrogens with two attached hydrogens (primary N) is 1. The van der Waals surface area contributed by atoms with Gasteiger partial charge in [-0.15, -0.1) is 0 Å². The number of aryl methyl sites for hydroxylation is 1. The molecular formula is C16H16FN3. The number of nitrogens with zero attached hydrogens (tertiary/aromatic N) is 2. The topological polar surface area (TPSA) is 43.8 Å². The van der Waals surface area contributed by atoms with Crippen LogP contribution in [0.4, 0.5) is 10.1 Å². The number of fused-ring (bicyclic) bond motifs is 1. The molecule has 3 aromatic rings. The van der Waals surface area contributed by atoms with Gasteiger partial charge >= 0.3 is 0 Å². The zero-order valence-electron chi connectivity index (χ0n) is 11.3. The first-order chi connectivity index (χ1) is 9.69. The van der Waals surface area contributed by atoms with Gasteiger partial charge in [-0.3, -0.25) is 0 Å². The van der Waals surface area contributed by atoms with Crippen molar-refractivity contribution in [2.24, 2.45) is 0 Å². The Hall–Kier alpha value is -2.36. The highest BCUT2D eigenvalue weighted by Crippen LogP contribution is 2.21. The number of para-hydroxylation sites is 1. The van der Waals surface area contributed by atoms with Crippen LogP contribution in [0, 0.1) is 5.82 Å². The molecule has 0 saturated heterocycles. The van der Waals surface area contributed by atoms with Gasteiger partial charge in [-0.05, 0) is 36.8 Å². The van der Waals surface area contributed by atoms with Crippen molar-refractivity contribution in [2.45, 2.75) is 19.9 Å². The zero-order valence-corrected chi connectivity index (χ0v) is 11.3. The van der Waals surface area contributed by atoms with Gasteiger partial charge in [0.15, 0.2) is 5.82 Å². The molecule has 3 rings (SSSR count). The van der Waals surface area contributed by atoms with Crippen LogP contribution in [0.3, 0.4) is 0 Å². The van der Waals surface area contributed by atoms with Gasteiger partial charge < -0.3 is 10.3 Å². The smallest absolute Gasteiger partial charge is 0.151 e. The van der Waals surface area contributed by atoms with E-state index >= 15 is 0 Å². The van der Waals surface area contributed by atoms with E-state index in [1.165, 1.54) is 6.07 Å². The summed E-state index contributed by atoms with van der Waals surface area (Å²) in [5.41, 5.74) is 8.83. The molecule has 0 aliphatic heterocycles. The number of anilines is 1. The summed E-state index contributed by atoms with van der Waals surface area (Å²) in [6.45, 7) is 2.81. The highest BCUT2D eigenvalue weighted by molar-refractivity contribution is 5.76. The number of aromatic nitrogens is 2. The van der Waals surface area contributed by atoms with E-state index in [-0.39, 0.29) is 5.82 Å². The van der Waals surface area contributed by atoms with Crippen molar-refractivity contribution in [3.63, 3.8) is 0 Å². The quantitative estimate of drug-likeness (QED) is 0.741. The minimum absolute atomic E-state index is 0.270. The number of nitrogen functional groups attached to an aromatic ring is 1. The minimum Gasteiger partial charge on any atom is -0.399 e. The van der Waals surface area contributed by atoms with E-state index in [2.05, 4.69) is 9.55 Å². The molecule has 3 nitrogen and oxygen atoms in total. The first-order valence-electron chi connectivity index (χ1n) is 6.67. The van der Waals surface area contributed by atoms with Crippen molar-refractivity contribution in [3.8, 4) is 0 Å². The summed E-state index contributed by atoms with van der Waals surface area (Å²) in [6, 6.07) is 12.8. The molecule has 1 aromatic heterocycles. The molecule has 0 bridgehead atoms. The van der Waals surface area contributed by atoms with Crippen LogP contribution in [-0.4, -0.2) is 9.55 Å². The van der Waals surface area contributed by atoms with Gasteiger partial charge in [-0.25, -0.2) is 9.37 Å². The molecule has 20 heavy (non-hydrogen) atoms. The molecule has 1 heterocycles. The summed E-state index contributed by atoms with van der Waals surface area (Å²) in [4.78, 5) is 4.46. The maximum Gasteiger partial charge on any atom is 0.151 e. The van der Waals surface area contributed by atoms with Crippen molar-refractivity contribution in [1.29, 1.82) is 0 Å². The lowest BCUT2D eigenvalue weighted by Crippen LogP contribution is -2.02. The maximum atomic E-state index is 13.8. The van der Waals surface area contributed by atoms with E-state index in [1.54, 1.807) is 6.07 Å². The highest BCUT2D eigenvalue weighted by atomic mass is 19.1. The van der Waals surface area contributed by atoms with Crippen LogP contribution in [0.5, 0.6) is 0 Å². The predicted octanol–water partition coefficient (Wildman–Crippen LogP) is 3.37. The Morgan fingerprint density at radius 3 is 2.60 bits per heavy atom. The molecule has 2 aromatic carbocycles. The molecule has 0 atom stereocenters. The van der Waals surface area contributed by atoms with Gasteiger partial charge in [-0.1, -0.05) is 18.2 Å². The molecule has 0 radical (unpaired) electrons. The number of hydrogen-bond acceptors (Lipinski definition) is 2. The van der Waals surface area contributed by atoms with Crippen molar-refractivity contribution in [2.75, 3.05) is 5.73 Å².